The van der Waals surface area contributed by atoms with E-state index in [4.69, 9.17) is 5.11 Å². The van der Waals surface area contributed by atoms with E-state index in [1.807, 2.05) is 0 Å². The highest BCUT2D eigenvalue weighted by Crippen LogP contribution is 2.43. The number of carbonyl (C=O) groups is 1. The molecule has 1 saturated carbocycles. The van der Waals surface area contributed by atoms with Gasteiger partial charge >= 0.3 is 5.97 Å². The minimum Gasteiger partial charge on any atom is -0.481 e. The molecule has 1 aliphatic carbocycles. The van der Waals surface area contributed by atoms with Crippen molar-refractivity contribution in [2.75, 3.05) is 0 Å². The molecule has 76 valence electrons. The SMILES string of the molecule is CC1CCC(C)(CC(=O)O)CC1C. The molecule has 3 unspecified atom stereocenters. The van der Waals surface area contributed by atoms with Crippen molar-refractivity contribution in [2.24, 2.45) is 17.3 Å². The summed E-state index contributed by atoms with van der Waals surface area (Å²) in [6.45, 7) is 6.62. The number of aliphatic carboxylic acids is 1. The molecule has 0 aliphatic heterocycles. The van der Waals surface area contributed by atoms with Crippen molar-refractivity contribution in [1.29, 1.82) is 0 Å². The molecule has 0 spiro atoms. The third-order valence-electron chi connectivity index (χ3n) is 3.57. The largest absolute Gasteiger partial charge is 0.481 e. The molecule has 0 aromatic heterocycles. The van der Waals surface area contributed by atoms with Gasteiger partial charge in [-0.2, -0.15) is 0 Å². The molecule has 1 fully saturated rings. The summed E-state index contributed by atoms with van der Waals surface area (Å²) in [5, 5.41) is 8.78. The first-order chi connectivity index (χ1) is 5.93. The normalized spacial score (nSPS) is 40.2. The fourth-order valence-corrected chi connectivity index (χ4v) is 2.47. The maximum atomic E-state index is 10.7. The molecular weight excluding hydrogens is 164 g/mol. The smallest absolute Gasteiger partial charge is 0.303 e. The van der Waals surface area contributed by atoms with E-state index in [2.05, 4.69) is 20.8 Å². The standard InChI is InChI=1S/C11H20O2/c1-8-4-5-11(3,6-9(8)2)7-10(12)13/h8-9H,4-7H2,1-3H3,(H,12,13). The Kier molecular flexibility index (Phi) is 2.99. The Hall–Kier alpha value is -0.530. The zero-order chi connectivity index (χ0) is 10.1. The Balaban J connectivity index is 2.56. The van der Waals surface area contributed by atoms with Gasteiger partial charge in [0.25, 0.3) is 0 Å². The Labute approximate surface area is 80.3 Å². The van der Waals surface area contributed by atoms with Crippen LogP contribution in [-0.2, 0) is 4.79 Å². The van der Waals surface area contributed by atoms with Crippen LogP contribution in [0.1, 0.15) is 46.5 Å². The fourth-order valence-electron chi connectivity index (χ4n) is 2.47. The summed E-state index contributed by atoms with van der Waals surface area (Å²) in [4.78, 5) is 10.7. The first-order valence-corrected chi connectivity index (χ1v) is 5.15. The van der Waals surface area contributed by atoms with Crippen LogP contribution in [0.25, 0.3) is 0 Å². The zero-order valence-electron chi connectivity index (χ0n) is 8.84. The summed E-state index contributed by atoms with van der Waals surface area (Å²) in [5.74, 6) is 0.796. The molecule has 1 aliphatic rings. The van der Waals surface area contributed by atoms with Gasteiger partial charge in [-0.25, -0.2) is 0 Å². The van der Waals surface area contributed by atoms with Gasteiger partial charge in [-0.05, 0) is 36.5 Å². The monoisotopic (exact) mass is 184 g/mol. The van der Waals surface area contributed by atoms with E-state index in [9.17, 15) is 4.79 Å². The second kappa shape index (κ2) is 3.69. The van der Waals surface area contributed by atoms with E-state index >= 15 is 0 Å². The summed E-state index contributed by atoms with van der Waals surface area (Å²) >= 11 is 0. The number of rotatable bonds is 2. The van der Waals surface area contributed by atoms with Crippen LogP contribution in [0.4, 0.5) is 0 Å². The van der Waals surface area contributed by atoms with Crippen LogP contribution in [0.15, 0.2) is 0 Å². The molecule has 2 heteroatoms. The van der Waals surface area contributed by atoms with Crippen LogP contribution < -0.4 is 0 Å². The predicted molar refractivity (Wildman–Crippen MR) is 52.5 cm³/mol. The van der Waals surface area contributed by atoms with Gasteiger partial charge in [0.05, 0.1) is 6.42 Å². The van der Waals surface area contributed by atoms with E-state index in [1.54, 1.807) is 0 Å². The molecule has 0 amide bonds. The van der Waals surface area contributed by atoms with Crippen molar-refractivity contribution in [3.63, 3.8) is 0 Å². The lowest BCUT2D eigenvalue weighted by Crippen LogP contribution is -2.31. The van der Waals surface area contributed by atoms with E-state index in [0.29, 0.717) is 12.3 Å². The zero-order valence-corrected chi connectivity index (χ0v) is 8.84. The summed E-state index contributed by atoms with van der Waals surface area (Å²) < 4.78 is 0. The van der Waals surface area contributed by atoms with Gasteiger partial charge in [-0.15, -0.1) is 0 Å². The van der Waals surface area contributed by atoms with E-state index in [-0.39, 0.29) is 5.41 Å². The Morgan fingerprint density at radius 3 is 2.54 bits per heavy atom. The Morgan fingerprint density at radius 1 is 1.46 bits per heavy atom. The van der Waals surface area contributed by atoms with Crippen molar-refractivity contribution in [1.82, 2.24) is 0 Å². The number of carboxylic acid groups (broad SMARTS) is 1. The Morgan fingerprint density at radius 2 is 2.08 bits per heavy atom. The molecule has 0 aromatic rings. The minimum atomic E-state index is -0.649. The molecule has 1 N–H and O–H groups in total. The molecule has 0 aromatic carbocycles. The number of carboxylic acids is 1. The van der Waals surface area contributed by atoms with E-state index < -0.39 is 5.97 Å². The summed E-state index contributed by atoms with van der Waals surface area (Å²) in [6, 6.07) is 0. The fraction of sp³-hybridized carbons (Fsp3) is 0.909. The van der Waals surface area contributed by atoms with Gasteiger partial charge in [0.2, 0.25) is 0 Å². The molecule has 0 saturated heterocycles. The number of hydrogen-bond donors (Lipinski definition) is 1. The predicted octanol–water partition coefficient (Wildman–Crippen LogP) is 2.92. The Bertz CT molecular complexity index is 200. The molecule has 0 heterocycles. The third-order valence-corrected chi connectivity index (χ3v) is 3.57. The van der Waals surface area contributed by atoms with Crippen LogP contribution in [-0.4, -0.2) is 11.1 Å². The molecule has 0 radical (unpaired) electrons. The van der Waals surface area contributed by atoms with Gasteiger partial charge < -0.3 is 5.11 Å². The van der Waals surface area contributed by atoms with Gasteiger partial charge in [0.1, 0.15) is 0 Å². The minimum absolute atomic E-state index is 0.0533. The summed E-state index contributed by atoms with van der Waals surface area (Å²) in [5.41, 5.74) is 0.0533. The lowest BCUT2D eigenvalue weighted by Gasteiger charge is -2.39. The maximum Gasteiger partial charge on any atom is 0.303 e. The number of hydrogen-bond acceptors (Lipinski definition) is 1. The van der Waals surface area contributed by atoms with Crippen LogP contribution >= 0.6 is 0 Å². The summed E-state index contributed by atoms with van der Waals surface area (Å²) in [6.07, 6.45) is 3.67. The topological polar surface area (TPSA) is 37.3 Å². The van der Waals surface area contributed by atoms with E-state index in [0.717, 1.165) is 18.8 Å². The third kappa shape index (κ3) is 2.71. The van der Waals surface area contributed by atoms with Crippen molar-refractivity contribution in [3.8, 4) is 0 Å². The van der Waals surface area contributed by atoms with Gasteiger partial charge in [0, 0.05) is 0 Å². The van der Waals surface area contributed by atoms with Gasteiger partial charge in [-0.3, -0.25) is 4.79 Å². The molecule has 0 bridgehead atoms. The molecule has 13 heavy (non-hydrogen) atoms. The van der Waals surface area contributed by atoms with Crippen molar-refractivity contribution in [3.05, 3.63) is 0 Å². The second-order valence-electron chi connectivity index (χ2n) is 5.08. The van der Waals surface area contributed by atoms with Gasteiger partial charge in [-0.1, -0.05) is 20.8 Å². The van der Waals surface area contributed by atoms with Crippen molar-refractivity contribution < 1.29 is 9.90 Å². The highest BCUT2D eigenvalue weighted by atomic mass is 16.4. The lowest BCUT2D eigenvalue weighted by atomic mass is 9.66. The average Bonchev–Trinajstić information content (AvgIpc) is 1.96. The molecule has 3 atom stereocenters. The van der Waals surface area contributed by atoms with E-state index in [1.165, 1.54) is 6.42 Å². The van der Waals surface area contributed by atoms with Crippen LogP contribution in [0.5, 0.6) is 0 Å². The highest BCUT2D eigenvalue weighted by Gasteiger charge is 2.35. The van der Waals surface area contributed by atoms with Crippen molar-refractivity contribution >= 4 is 5.97 Å². The highest BCUT2D eigenvalue weighted by molar-refractivity contribution is 5.67. The van der Waals surface area contributed by atoms with Gasteiger partial charge in [0.15, 0.2) is 0 Å². The van der Waals surface area contributed by atoms with Crippen LogP contribution in [0, 0.1) is 17.3 Å². The van der Waals surface area contributed by atoms with Crippen molar-refractivity contribution in [2.45, 2.75) is 46.5 Å². The quantitative estimate of drug-likeness (QED) is 0.716. The second-order valence-corrected chi connectivity index (χ2v) is 5.08. The van der Waals surface area contributed by atoms with Crippen LogP contribution in [0.2, 0.25) is 0 Å². The molecule has 1 rings (SSSR count). The first kappa shape index (κ1) is 10.6. The first-order valence-electron chi connectivity index (χ1n) is 5.15. The average molecular weight is 184 g/mol. The maximum absolute atomic E-state index is 10.7. The van der Waals surface area contributed by atoms with Crippen LogP contribution in [0.3, 0.4) is 0 Å². The molecule has 2 nitrogen and oxygen atoms in total. The molecular formula is C11H20O2. The lowest BCUT2D eigenvalue weighted by molar-refractivity contribution is -0.140. The summed E-state index contributed by atoms with van der Waals surface area (Å²) in [7, 11) is 0.